The third kappa shape index (κ3) is 3.16. The number of carbonyl (C=O) groups excluding carboxylic acids is 3. The number of fused-ring (bicyclic) bond motifs is 1. The average molecular weight is 331 g/mol. The van der Waals surface area contributed by atoms with Crippen LogP contribution in [0.4, 0.5) is 4.79 Å². The summed E-state index contributed by atoms with van der Waals surface area (Å²) in [6, 6.07) is -0.686. The monoisotopic (exact) mass is 331 g/mol. The molecule has 2 fully saturated rings. The van der Waals surface area contributed by atoms with Crippen LogP contribution in [-0.4, -0.2) is 51.5 Å². The van der Waals surface area contributed by atoms with Crippen molar-refractivity contribution in [1.29, 1.82) is 0 Å². The van der Waals surface area contributed by atoms with Crippen LogP contribution in [-0.2, 0) is 23.8 Å². The van der Waals surface area contributed by atoms with E-state index in [1.54, 1.807) is 23.6 Å². The number of nitrogens with zero attached hydrogens (tertiary/aromatic N) is 1. The second-order valence-corrected chi connectivity index (χ2v) is 8.02. The molecule has 0 aromatic rings. The average Bonchev–Trinajstić information content (AvgIpc) is 2.54. The number of thioether (sulfide) groups is 1. The van der Waals surface area contributed by atoms with Gasteiger partial charge in [-0.25, -0.2) is 9.59 Å². The molecule has 22 heavy (non-hydrogen) atoms. The molecule has 0 bridgehead atoms. The first-order valence-electron chi connectivity index (χ1n) is 7.15. The van der Waals surface area contributed by atoms with Gasteiger partial charge in [-0.15, -0.1) is 11.8 Å². The first-order chi connectivity index (χ1) is 10.1. The number of β-lactam (4-membered cyclic amide) rings is 1. The highest BCUT2D eigenvalue weighted by molar-refractivity contribution is 8.01. The van der Waals surface area contributed by atoms with Gasteiger partial charge in [0.2, 0.25) is 5.91 Å². The number of rotatable bonds is 4. The van der Waals surface area contributed by atoms with Crippen LogP contribution in [0, 0.1) is 0 Å². The van der Waals surface area contributed by atoms with Crippen molar-refractivity contribution in [3.05, 3.63) is 0 Å². The van der Waals surface area contributed by atoms with E-state index in [0.29, 0.717) is 6.42 Å². The molecule has 0 aliphatic carbocycles. The Morgan fingerprint density at radius 1 is 1.36 bits per heavy atom. The Kier molecular flexibility index (Phi) is 4.34. The number of carbonyl (C=O) groups is 3. The molecule has 124 valence electrons. The molecule has 0 aromatic carbocycles. The van der Waals surface area contributed by atoms with Crippen LogP contribution in [0.25, 0.3) is 0 Å². The SMILES string of the molecule is CCOC(=O)OC(C)(C)OC(=O)[C@@H]1N2C(=O)C[C@H]2SC1(C)C. The van der Waals surface area contributed by atoms with Gasteiger partial charge in [0.15, 0.2) is 0 Å². The van der Waals surface area contributed by atoms with Gasteiger partial charge in [0.05, 0.1) is 18.4 Å². The largest absolute Gasteiger partial charge is 0.511 e. The third-order valence-electron chi connectivity index (χ3n) is 3.48. The van der Waals surface area contributed by atoms with E-state index < -0.39 is 28.7 Å². The van der Waals surface area contributed by atoms with E-state index >= 15 is 0 Å². The molecule has 0 aromatic heterocycles. The summed E-state index contributed by atoms with van der Waals surface area (Å²) in [5.74, 6) is -2.10. The highest BCUT2D eigenvalue weighted by atomic mass is 32.2. The second-order valence-electron chi connectivity index (χ2n) is 6.19. The molecule has 0 unspecified atom stereocenters. The summed E-state index contributed by atoms with van der Waals surface area (Å²) in [5, 5.41) is 0.0223. The minimum Gasteiger partial charge on any atom is -0.434 e. The molecule has 2 aliphatic rings. The molecule has 2 saturated heterocycles. The summed E-state index contributed by atoms with van der Waals surface area (Å²) in [5.41, 5.74) is 0. The fourth-order valence-corrected chi connectivity index (χ4v) is 4.24. The van der Waals surface area contributed by atoms with Gasteiger partial charge in [0.1, 0.15) is 6.04 Å². The molecule has 0 N–H and O–H groups in total. The summed E-state index contributed by atoms with van der Waals surface area (Å²) in [4.78, 5) is 37.1. The number of esters is 1. The molecule has 8 heteroatoms. The van der Waals surface area contributed by atoms with Crippen LogP contribution in [0.1, 0.15) is 41.0 Å². The van der Waals surface area contributed by atoms with E-state index in [9.17, 15) is 14.4 Å². The summed E-state index contributed by atoms with van der Waals surface area (Å²) in [6.45, 7) is 8.51. The van der Waals surface area contributed by atoms with E-state index in [1.807, 2.05) is 13.8 Å². The molecular weight excluding hydrogens is 310 g/mol. The minimum absolute atomic E-state index is 0.0223. The zero-order valence-electron chi connectivity index (χ0n) is 13.4. The molecule has 0 saturated carbocycles. The summed E-state index contributed by atoms with van der Waals surface area (Å²) in [6.07, 6.45) is -0.459. The van der Waals surface area contributed by atoms with Crippen molar-refractivity contribution in [2.45, 2.75) is 63.0 Å². The highest BCUT2D eigenvalue weighted by Crippen LogP contribution is 2.51. The van der Waals surface area contributed by atoms with Crippen LogP contribution in [0.2, 0.25) is 0 Å². The van der Waals surface area contributed by atoms with E-state index in [1.165, 1.54) is 13.8 Å². The number of hydrogen-bond donors (Lipinski definition) is 0. The molecule has 2 heterocycles. The predicted molar refractivity (Wildman–Crippen MR) is 79.0 cm³/mol. The van der Waals surface area contributed by atoms with Crippen LogP contribution < -0.4 is 0 Å². The molecular formula is C14H21NO6S. The Hall–Kier alpha value is -1.44. The quantitative estimate of drug-likeness (QED) is 0.442. The lowest BCUT2D eigenvalue weighted by molar-refractivity contribution is -0.208. The molecule has 1 amide bonds. The van der Waals surface area contributed by atoms with Crippen molar-refractivity contribution in [1.82, 2.24) is 4.90 Å². The van der Waals surface area contributed by atoms with Crippen molar-refractivity contribution in [3.63, 3.8) is 0 Å². The standard InChI is InChI=1S/C14H21NO6S/c1-6-19-12(18)21-14(4,5)20-11(17)10-13(2,3)22-9-7-8(16)15(9)10/h9-10H,6-7H2,1-5H3/t9-,10+/m1/s1. The van der Waals surface area contributed by atoms with Gasteiger partial charge < -0.3 is 19.1 Å². The van der Waals surface area contributed by atoms with Crippen molar-refractivity contribution >= 4 is 29.8 Å². The van der Waals surface area contributed by atoms with Gasteiger partial charge in [0, 0.05) is 18.6 Å². The Bertz CT molecular complexity index is 504. The molecule has 0 radical (unpaired) electrons. The predicted octanol–water partition coefficient (Wildman–Crippen LogP) is 1.89. The molecule has 2 atom stereocenters. The third-order valence-corrected chi connectivity index (χ3v) is 4.98. The lowest BCUT2D eigenvalue weighted by Crippen LogP contribution is -2.58. The lowest BCUT2D eigenvalue weighted by Gasteiger charge is -2.38. The Labute approximate surface area is 133 Å². The summed E-state index contributed by atoms with van der Waals surface area (Å²) < 4.78 is 14.5. The maximum atomic E-state index is 12.5. The number of ether oxygens (including phenoxy) is 3. The fraction of sp³-hybridized carbons (Fsp3) is 0.786. The minimum atomic E-state index is -1.46. The first-order valence-corrected chi connectivity index (χ1v) is 8.03. The van der Waals surface area contributed by atoms with Crippen molar-refractivity contribution in [2.75, 3.05) is 6.61 Å². The highest BCUT2D eigenvalue weighted by Gasteiger charge is 2.59. The van der Waals surface area contributed by atoms with E-state index in [0.717, 1.165) is 0 Å². The molecule has 0 spiro atoms. The summed E-state index contributed by atoms with van der Waals surface area (Å²) in [7, 11) is 0. The van der Waals surface area contributed by atoms with Crippen LogP contribution in [0.15, 0.2) is 0 Å². The second kappa shape index (κ2) is 5.64. The molecule has 2 rings (SSSR count). The van der Waals surface area contributed by atoms with Crippen LogP contribution in [0.5, 0.6) is 0 Å². The summed E-state index contributed by atoms with van der Waals surface area (Å²) >= 11 is 1.58. The zero-order chi connectivity index (χ0) is 16.7. The van der Waals surface area contributed by atoms with Gasteiger partial charge >= 0.3 is 12.1 Å². The van der Waals surface area contributed by atoms with Crippen LogP contribution in [0.3, 0.4) is 0 Å². The van der Waals surface area contributed by atoms with E-state index in [4.69, 9.17) is 9.47 Å². The van der Waals surface area contributed by atoms with Gasteiger partial charge in [-0.1, -0.05) is 0 Å². The Morgan fingerprint density at radius 3 is 2.55 bits per heavy atom. The van der Waals surface area contributed by atoms with Gasteiger partial charge in [-0.2, -0.15) is 0 Å². The number of amides is 1. The Balaban J connectivity index is 2.04. The van der Waals surface area contributed by atoms with Crippen molar-refractivity contribution in [2.24, 2.45) is 0 Å². The van der Waals surface area contributed by atoms with Gasteiger partial charge in [-0.05, 0) is 20.8 Å². The topological polar surface area (TPSA) is 82.1 Å². The smallest absolute Gasteiger partial charge is 0.434 e. The zero-order valence-corrected chi connectivity index (χ0v) is 14.2. The van der Waals surface area contributed by atoms with Crippen molar-refractivity contribution in [3.8, 4) is 0 Å². The maximum Gasteiger partial charge on any atom is 0.511 e. The fourth-order valence-electron chi connectivity index (χ4n) is 2.62. The van der Waals surface area contributed by atoms with Crippen LogP contribution >= 0.6 is 11.8 Å². The van der Waals surface area contributed by atoms with E-state index in [-0.39, 0.29) is 17.9 Å². The first kappa shape index (κ1) is 16.9. The van der Waals surface area contributed by atoms with Crippen molar-refractivity contribution < 1.29 is 28.6 Å². The van der Waals surface area contributed by atoms with E-state index in [2.05, 4.69) is 4.74 Å². The number of hydrogen-bond acceptors (Lipinski definition) is 7. The maximum absolute atomic E-state index is 12.5. The molecule has 7 nitrogen and oxygen atoms in total. The lowest BCUT2D eigenvalue weighted by atomic mass is 9.98. The van der Waals surface area contributed by atoms with Gasteiger partial charge in [0.25, 0.3) is 5.79 Å². The molecule has 2 aliphatic heterocycles. The Morgan fingerprint density at radius 2 is 2.00 bits per heavy atom. The van der Waals surface area contributed by atoms with Gasteiger partial charge in [-0.3, -0.25) is 4.79 Å². The normalized spacial score (nSPS) is 26.0.